The van der Waals surface area contributed by atoms with Crippen molar-refractivity contribution < 1.29 is 18.7 Å². The van der Waals surface area contributed by atoms with Crippen LogP contribution in [-0.2, 0) is 4.74 Å². The van der Waals surface area contributed by atoms with Crippen LogP contribution in [-0.4, -0.2) is 30.1 Å². The van der Waals surface area contributed by atoms with Gasteiger partial charge < -0.3 is 15.0 Å². The molecule has 0 spiro atoms. The van der Waals surface area contributed by atoms with Crippen molar-refractivity contribution in [2.45, 2.75) is 0 Å². The Bertz CT molecular complexity index is 1110. The molecule has 2 heterocycles. The van der Waals surface area contributed by atoms with Gasteiger partial charge in [0.05, 0.1) is 12.1 Å². The van der Waals surface area contributed by atoms with Crippen LogP contribution in [0.25, 0.3) is 10.9 Å². The molecule has 1 saturated heterocycles. The van der Waals surface area contributed by atoms with Crippen LogP contribution < -0.4 is 15.8 Å². The van der Waals surface area contributed by atoms with Crippen molar-refractivity contribution in [1.82, 2.24) is 4.98 Å². The molecular weight excluding hydrogens is 353 g/mol. The predicted octanol–water partition coefficient (Wildman–Crippen LogP) is 2.88. The summed E-state index contributed by atoms with van der Waals surface area (Å²) in [5.74, 6) is -1.06. The summed E-state index contributed by atoms with van der Waals surface area (Å²) in [5, 5.41) is 3.18. The zero-order valence-electron chi connectivity index (χ0n) is 14.0. The molecule has 1 aliphatic rings. The van der Waals surface area contributed by atoms with Crippen LogP contribution in [0.1, 0.15) is 10.4 Å². The quantitative estimate of drug-likeness (QED) is 0.745. The van der Waals surface area contributed by atoms with Crippen LogP contribution in [0.15, 0.2) is 53.3 Å². The number of halogens is 1. The van der Waals surface area contributed by atoms with Gasteiger partial charge in [-0.25, -0.2) is 9.18 Å². The first-order valence-electron chi connectivity index (χ1n) is 8.19. The summed E-state index contributed by atoms with van der Waals surface area (Å²) in [6.07, 6.45) is -0.411. The molecule has 136 valence electrons. The highest BCUT2D eigenvalue weighted by molar-refractivity contribution is 6.05. The van der Waals surface area contributed by atoms with E-state index in [1.165, 1.54) is 29.2 Å². The number of hydrogen-bond acceptors (Lipinski definition) is 4. The molecule has 0 radical (unpaired) electrons. The lowest BCUT2D eigenvalue weighted by Gasteiger charge is -2.13. The molecule has 0 bridgehead atoms. The Hall–Kier alpha value is -3.68. The monoisotopic (exact) mass is 367 g/mol. The zero-order valence-corrected chi connectivity index (χ0v) is 14.0. The molecule has 0 unspecified atom stereocenters. The molecule has 3 aromatic rings. The van der Waals surface area contributed by atoms with E-state index in [4.69, 9.17) is 4.74 Å². The molecule has 2 N–H and O–H groups in total. The van der Waals surface area contributed by atoms with Gasteiger partial charge in [-0.2, -0.15) is 0 Å². The molecule has 7 nitrogen and oxygen atoms in total. The van der Waals surface area contributed by atoms with E-state index < -0.39 is 23.4 Å². The Morgan fingerprint density at radius 3 is 2.59 bits per heavy atom. The lowest BCUT2D eigenvalue weighted by molar-refractivity contribution is 0.102. The summed E-state index contributed by atoms with van der Waals surface area (Å²) in [5.41, 5.74) is 0.748. The summed E-state index contributed by atoms with van der Waals surface area (Å²) >= 11 is 0. The number of rotatable bonds is 3. The summed E-state index contributed by atoms with van der Waals surface area (Å²) in [7, 11) is 0. The Kier molecular flexibility index (Phi) is 4.08. The van der Waals surface area contributed by atoms with E-state index in [0.29, 0.717) is 35.4 Å². The number of amides is 2. The van der Waals surface area contributed by atoms with Crippen LogP contribution in [0.2, 0.25) is 0 Å². The number of cyclic esters (lactones) is 1. The van der Waals surface area contributed by atoms with E-state index in [2.05, 4.69) is 10.3 Å². The van der Waals surface area contributed by atoms with E-state index in [9.17, 15) is 18.8 Å². The number of pyridine rings is 1. The lowest BCUT2D eigenvalue weighted by Crippen LogP contribution is -2.24. The average Bonchev–Trinajstić information content (AvgIpc) is 3.07. The molecule has 1 fully saturated rings. The van der Waals surface area contributed by atoms with E-state index in [1.807, 2.05) is 0 Å². The van der Waals surface area contributed by atoms with Crippen molar-refractivity contribution in [1.29, 1.82) is 0 Å². The minimum Gasteiger partial charge on any atom is -0.447 e. The van der Waals surface area contributed by atoms with Gasteiger partial charge in [0.2, 0.25) is 0 Å². The Morgan fingerprint density at radius 1 is 1.11 bits per heavy atom. The molecule has 1 aromatic heterocycles. The van der Waals surface area contributed by atoms with Gasteiger partial charge in [0.25, 0.3) is 11.5 Å². The minimum atomic E-state index is -0.609. The summed E-state index contributed by atoms with van der Waals surface area (Å²) in [4.78, 5) is 40.1. The van der Waals surface area contributed by atoms with Gasteiger partial charge in [0, 0.05) is 11.4 Å². The normalized spacial score (nSPS) is 13.7. The topological polar surface area (TPSA) is 91.5 Å². The second-order valence-corrected chi connectivity index (χ2v) is 6.01. The number of aromatic amines is 1. The van der Waals surface area contributed by atoms with Gasteiger partial charge >= 0.3 is 6.09 Å². The second kappa shape index (κ2) is 6.56. The lowest BCUT2D eigenvalue weighted by atomic mass is 10.1. The highest BCUT2D eigenvalue weighted by atomic mass is 19.1. The molecule has 8 heteroatoms. The number of ether oxygens (including phenoxy) is 1. The number of nitrogens with zero attached hydrogens (tertiary/aromatic N) is 1. The van der Waals surface area contributed by atoms with Crippen molar-refractivity contribution in [3.05, 3.63) is 70.3 Å². The first-order valence-corrected chi connectivity index (χ1v) is 8.19. The first kappa shape index (κ1) is 16.8. The van der Waals surface area contributed by atoms with Crippen LogP contribution in [0.5, 0.6) is 0 Å². The van der Waals surface area contributed by atoms with E-state index in [0.717, 1.165) is 0 Å². The fourth-order valence-corrected chi connectivity index (χ4v) is 2.89. The van der Waals surface area contributed by atoms with Gasteiger partial charge in [-0.15, -0.1) is 0 Å². The third kappa shape index (κ3) is 3.24. The highest BCUT2D eigenvalue weighted by Gasteiger charge is 2.23. The summed E-state index contributed by atoms with van der Waals surface area (Å²) in [6.45, 7) is 0.809. The molecular formula is C19H14FN3O4. The molecule has 4 rings (SSSR count). The van der Waals surface area contributed by atoms with Crippen LogP contribution in [0, 0.1) is 5.82 Å². The number of carbonyl (C=O) groups is 2. The number of hydrogen-bond donors (Lipinski definition) is 2. The van der Waals surface area contributed by atoms with Crippen molar-refractivity contribution in [2.75, 3.05) is 23.4 Å². The van der Waals surface area contributed by atoms with E-state index >= 15 is 0 Å². The second-order valence-electron chi connectivity index (χ2n) is 6.01. The standard InChI is InChI=1S/C19H14FN3O4/c20-12-2-1-11-9-15(18(25)22-16(11)10-12)17(24)21-13-3-5-14(6-4-13)23-7-8-27-19(23)26/h1-6,9-10H,7-8H2,(H,21,24)(H,22,25). The average molecular weight is 367 g/mol. The zero-order chi connectivity index (χ0) is 19.0. The SMILES string of the molecule is O=C(Nc1ccc(N2CCOC2=O)cc1)c1cc2ccc(F)cc2[nH]c1=O. The largest absolute Gasteiger partial charge is 0.447 e. The smallest absolute Gasteiger partial charge is 0.414 e. The molecule has 2 amide bonds. The summed E-state index contributed by atoms with van der Waals surface area (Å²) < 4.78 is 18.1. The van der Waals surface area contributed by atoms with Crippen molar-refractivity contribution in [3.8, 4) is 0 Å². The van der Waals surface area contributed by atoms with Gasteiger partial charge in [-0.05, 0) is 53.9 Å². The van der Waals surface area contributed by atoms with Crippen LogP contribution in [0.4, 0.5) is 20.6 Å². The van der Waals surface area contributed by atoms with Crippen molar-refractivity contribution in [3.63, 3.8) is 0 Å². The Balaban J connectivity index is 1.56. The predicted molar refractivity (Wildman–Crippen MR) is 97.6 cm³/mol. The maximum atomic E-state index is 13.3. The number of benzene rings is 2. The highest BCUT2D eigenvalue weighted by Crippen LogP contribution is 2.21. The van der Waals surface area contributed by atoms with Crippen LogP contribution >= 0.6 is 0 Å². The Labute approximate surface area is 152 Å². The summed E-state index contributed by atoms with van der Waals surface area (Å²) in [6, 6.07) is 12.0. The number of H-pyrrole nitrogens is 1. The molecule has 0 aliphatic carbocycles. The maximum Gasteiger partial charge on any atom is 0.414 e. The number of carbonyl (C=O) groups excluding carboxylic acids is 2. The van der Waals surface area contributed by atoms with Crippen molar-refractivity contribution in [2.24, 2.45) is 0 Å². The first-order chi connectivity index (χ1) is 13.0. The molecule has 0 atom stereocenters. The van der Waals surface area contributed by atoms with E-state index in [1.54, 1.807) is 24.3 Å². The van der Waals surface area contributed by atoms with Gasteiger partial charge in [-0.3, -0.25) is 14.5 Å². The van der Waals surface area contributed by atoms with Gasteiger partial charge in [0.15, 0.2) is 0 Å². The minimum absolute atomic E-state index is 0.0821. The van der Waals surface area contributed by atoms with Crippen LogP contribution in [0.3, 0.4) is 0 Å². The van der Waals surface area contributed by atoms with Gasteiger partial charge in [-0.1, -0.05) is 0 Å². The third-order valence-electron chi connectivity index (χ3n) is 4.25. The molecule has 0 saturated carbocycles. The molecule has 2 aromatic carbocycles. The number of fused-ring (bicyclic) bond motifs is 1. The van der Waals surface area contributed by atoms with E-state index in [-0.39, 0.29) is 5.56 Å². The van der Waals surface area contributed by atoms with Gasteiger partial charge in [0.1, 0.15) is 18.0 Å². The maximum absolute atomic E-state index is 13.3. The molecule has 27 heavy (non-hydrogen) atoms. The third-order valence-corrected chi connectivity index (χ3v) is 4.25. The number of aromatic nitrogens is 1. The number of nitrogens with one attached hydrogen (secondary N) is 2. The van der Waals surface area contributed by atoms with Crippen molar-refractivity contribution >= 4 is 34.3 Å². The molecule has 1 aliphatic heterocycles. The Morgan fingerprint density at radius 2 is 1.89 bits per heavy atom. The fourth-order valence-electron chi connectivity index (χ4n) is 2.89. The fraction of sp³-hybridized carbons (Fsp3) is 0.105. The number of anilines is 2.